The summed E-state index contributed by atoms with van der Waals surface area (Å²) in [5.74, 6) is 0.525. The van der Waals surface area contributed by atoms with Gasteiger partial charge in [-0.2, -0.15) is 0 Å². The van der Waals surface area contributed by atoms with Gasteiger partial charge in [-0.05, 0) is 81.3 Å². The Kier molecular flexibility index (Phi) is 8.57. The van der Waals surface area contributed by atoms with Crippen LogP contribution in [0.3, 0.4) is 0 Å². The van der Waals surface area contributed by atoms with Crippen molar-refractivity contribution < 1.29 is 23.9 Å². The van der Waals surface area contributed by atoms with Crippen LogP contribution < -0.4 is 9.47 Å². The normalized spacial score (nSPS) is 17.2. The maximum absolute atomic E-state index is 13.7. The summed E-state index contributed by atoms with van der Waals surface area (Å²) < 4.78 is 11.5. The van der Waals surface area contributed by atoms with Crippen molar-refractivity contribution in [3.8, 4) is 11.5 Å². The lowest BCUT2D eigenvalue weighted by Crippen LogP contribution is -2.36. The van der Waals surface area contributed by atoms with Gasteiger partial charge in [-0.25, -0.2) is 4.79 Å². The lowest BCUT2D eigenvalue weighted by molar-refractivity contribution is -0.129. The van der Waals surface area contributed by atoms with Crippen molar-refractivity contribution in [1.82, 2.24) is 4.90 Å². The van der Waals surface area contributed by atoms with Crippen LogP contribution >= 0.6 is 11.8 Å². The topological polar surface area (TPSA) is 72.9 Å². The van der Waals surface area contributed by atoms with Gasteiger partial charge in [-0.15, -0.1) is 11.8 Å². The highest BCUT2D eigenvalue weighted by molar-refractivity contribution is 7.98. The highest BCUT2D eigenvalue weighted by atomic mass is 32.2. The van der Waals surface area contributed by atoms with Gasteiger partial charge in [-0.3, -0.25) is 9.59 Å². The summed E-state index contributed by atoms with van der Waals surface area (Å²) in [6.45, 7) is 5.67. The Morgan fingerprint density at radius 3 is 2.26 bits per heavy atom. The van der Waals surface area contributed by atoms with E-state index in [0.717, 1.165) is 10.5 Å². The van der Waals surface area contributed by atoms with Crippen LogP contribution in [0.25, 0.3) is 0 Å². The zero-order valence-corrected chi connectivity index (χ0v) is 23.0. The summed E-state index contributed by atoms with van der Waals surface area (Å²) >= 11 is 1.62. The summed E-state index contributed by atoms with van der Waals surface area (Å²) in [5.41, 5.74) is 0.669. The molecule has 0 aliphatic carbocycles. The number of para-hydroxylation sites is 1. The predicted molar refractivity (Wildman–Crippen MR) is 149 cm³/mol. The minimum Gasteiger partial charge on any atom is -0.480 e. The fourth-order valence-electron chi connectivity index (χ4n) is 4.55. The Balaban J connectivity index is 1.56. The second-order valence-electron chi connectivity index (χ2n) is 10.1. The predicted octanol–water partition coefficient (Wildman–Crippen LogP) is 6.33. The third-order valence-electron chi connectivity index (χ3n) is 6.98. The number of Topliss-reactive ketones (excluding diaryl/α,β-unsaturated/α-hetero) is 2. The summed E-state index contributed by atoms with van der Waals surface area (Å²) in [7, 11) is 0. The summed E-state index contributed by atoms with van der Waals surface area (Å²) in [6.07, 6.45) is 2.11. The second-order valence-corrected chi connectivity index (χ2v) is 10.9. The van der Waals surface area contributed by atoms with Crippen molar-refractivity contribution in [1.29, 1.82) is 0 Å². The van der Waals surface area contributed by atoms with Crippen LogP contribution in [0.4, 0.5) is 4.79 Å². The summed E-state index contributed by atoms with van der Waals surface area (Å²) in [5, 5.41) is 0. The molecular formula is C31H33NO5S. The molecule has 0 N–H and O–H groups in total. The molecule has 6 nitrogen and oxygen atoms in total. The minimum atomic E-state index is -0.939. The Morgan fingerprint density at radius 2 is 1.61 bits per heavy atom. The van der Waals surface area contributed by atoms with Crippen molar-refractivity contribution in [2.75, 3.05) is 19.3 Å². The molecule has 1 aliphatic rings. The molecule has 1 fully saturated rings. The highest BCUT2D eigenvalue weighted by Crippen LogP contribution is 2.32. The smallest absolute Gasteiger partial charge is 0.415 e. The van der Waals surface area contributed by atoms with E-state index in [4.69, 9.17) is 9.47 Å². The number of ketones is 2. The quantitative estimate of drug-likeness (QED) is 0.237. The molecule has 3 aromatic carbocycles. The van der Waals surface area contributed by atoms with Crippen LogP contribution in [0.15, 0.2) is 83.8 Å². The van der Waals surface area contributed by atoms with E-state index >= 15 is 0 Å². The van der Waals surface area contributed by atoms with Crippen LogP contribution in [0.2, 0.25) is 0 Å². The molecule has 0 spiro atoms. The molecule has 38 heavy (non-hydrogen) atoms. The number of nitrogens with zero attached hydrogens (tertiary/aromatic N) is 1. The fraction of sp³-hybridized carbons (Fsp3) is 0.323. The molecule has 0 unspecified atom stereocenters. The zero-order chi connectivity index (χ0) is 27.3. The number of carbonyl (C=O) groups excluding carboxylic acids is 3. The van der Waals surface area contributed by atoms with E-state index < -0.39 is 11.7 Å². The van der Waals surface area contributed by atoms with E-state index in [2.05, 4.69) is 0 Å². The van der Waals surface area contributed by atoms with Gasteiger partial charge in [0, 0.05) is 29.5 Å². The molecule has 0 bridgehead atoms. The van der Waals surface area contributed by atoms with Crippen molar-refractivity contribution in [3.05, 3.63) is 90.0 Å². The number of ether oxygens (including phenoxy) is 2. The van der Waals surface area contributed by atoms with Crippen LogP contribution in [0.1, 0.15) is 36.7 Å². The van der Waals surface area contributed by atoms with E-state index in [1.54, 1.807) is 42.6 Å². The fourth-order valence-corrected chi connectivity index (χ4v) is 4.96. The highest BCUT2D eigenvalue weighted by Gasteiger charge is 2.40. The zero-order valence-electron chi connectivity index (χ0n) is 22.2. The minimum absolute atomic E-state index is 0.0165. The molecule has 0 radical (unpaired) electrons. The van der Waals surface area contributed by atoms with Crippen molar-refractivity contribution in [3.63, 3.8) is 0 Å². The first-order valence-corrected chi connectivity index (χ1v) is 13.9. The second kappa shape index (κ2) is 11.9. The molecule has 7 heteroatoms. The largest absolute Gasteiger partial charge is 0.480 e. The third-order valence-corrected chi connectivity index (χ3v) is 7.72. The maximum atomic E-state index is 13.7. The van der Waals surface area contributed by atoms with Crippen LogP contribution in [0, 0.1) is 11.8 Å². The molecule has 1 saturated heterocycles. The van der Waals surface area contributed by atoms with Crippen LogP contribution in [-0.2, 0) is 11.2 Å². The van der Waals surface area contributed by atoms with Gasteiger partial charge >= 0.3 is 6.09 Å². The third kappa shape index (κ3) is 6.64. The first-order chi connectivity index (χ1) is 18.2. The number of likely N-dealkylation sites (tertiary alicyclic amines) is 1. The van der Waals surface area contributed by atoms with E-state index in [-0.39, 0.29) is 29.9 Å². The molecule has 1 aliphatic heterocycles. The van der Waals surface area contributed by atoms with E-state index in [1.165, 1.54) is 6.92 Å². The molecule has 1 amide bonds. The molecular weight excluding hydrogens is 498 g/mol. The average Bonchev–Trinajstić information content (AvgIpc) is 3.32. The van der Waals surface area contributed by atoms with E-state index in [9.17, 15) is 14.4 Å². The lowest BCUT2D eigenvalue weighted by atomic mass is 9.84. The molecule has 2 atom stereocenters. The van der Waals surface area contributed by atoms with Crippen molar-refractivity contribution >= 4 is 29.4 Å². The van der Waals surface area contributed by atoms with E-state index in [1.807, 2.05) is 73.0 Å². The molecule has 0 aromatic heterocycles. The van der Waals surface area contributed by atoms with E-state index in [0.29, 0.717) is 30.0 Å². The first-order valence-electron chi connectivity index (χ1n) is 12.7. The molecule has 1 heterocycles. The summed E-state index contributed by atoms with van der Waals surface area (Å²) in [6, 6.07) is 24.1. The Hall–Kier alpha value is -3.58. The monoisotopic (exact) mass is 531 g/mol. The molecule has 3 aromatic rings. The summed E-state index contributed by atoms with van der Waals surface area (Å²) in [4.78, 5) is 41.3. The number of thioether (sulfide) groups is 1. The Morgan fingerprint density at radius 1 is 0.921 bits per heavy atom. The number of benzene rings is 3. The number of hydrogen-bond acceptors (Lipinski definition) is 6. The lowest BCUT2D eigenvalue weighted by Gasteiger charge is -2.24. The Labute approximate surface area is 228 Å². The maximum Gasteiger partial charge on any atom is 0.415 e. The van der Waals surface area contributed by atoms with Crippen LogP contribution in [0.5, 0.6) is 11.5 Å². The van der Waals surface area contributed by atoms with Gasteiger partial charge in [0.25, 0.3) is 0 Å². The van der Waals surface area contributed by atoms with Crippen molar-refractivity contribution in [2.45, 2.75) is 37.7 Å². The molecule has 4 rings (SSSR count). The number of carbonyl (C=O) groups is 3. The number of rotatable bonds is 9. The van der Waals surface area contributed by atoms with Gasteiger partial charge < -0.3 is 14.4 Å². The van der Waals surface area contributed by atoms with Gasteiger partial charge in [0.1, 0.15) is 11.5 Å². The van der Waals surface area contributed by atoms with Crippen LogP contribution in [-0.4, -0.2) is 47.5 Å². The van der Waals surface area contributed by atoms with Gasteiger partial charge in [0.2, 0.25) is 0 Å². The van der Waals surface area contributed by atoms with Crippen molar-refractivity contribution in [2.24, 2.45) is 11.8 Å². The van der Waals surface area contributed by atoms with Gasteiger partial charge in [0.15, 0.2) is 17.2 Å². The average molecular weight is 532 g/mol. The van der Waals surface area contributed by atoms with Gasteiger partial charge in [0.05, 0.1) is 0 Å². The standard InChI is InChI=1S/C31H33NO5S/c1-21(33)31(2,3)37-26-12-8-9-22(18-26)17-24-19-32(30(35)36-25-10-6-5-7-11-25)20-28(24)29(34)23-13-15-27(38-4)16-14-23/h5-16,18,24,28H,17,19-20H2,1-4H3/t24-,28-/m1/s1. The first kappa shape index (κ1) is 27.5. The Bertz CT molecular complexity index is 1290. The number of hydrogen-bond donors (Lipinski definition) is 0. The SMILES string of the molecule is CSc1ccc(C(=O)[C@@H]2CN(C(=O)Oc3ccccc3)C[C@H]2Cc2cccc(OC(C)(C)C(C)=O)c2)cc1. The molecule has 198 valence electrons. The van der Waals surface area contributed by atoms with Gasteiger partial charge in [-0.1, -0.05) is 42.5 Å². The number of amides is 1. The molecule has 0 saturated carbocycles.